The van der Waals surface area contributed by atoms with Gasteiger partial charge in [0.15, 0.2) is 0 Å². The Morgan fingerprint density at radius 1 is 1.50 bits per heavy atom. The summed E-state index contributed by atoms with van der Waals surface area (Å²) in [4.78, 5) is 0. The number of rotatable bonds is 3. The lowest BCUT2D eigenvalue weighted by Gasteiger charge is -2.24. The Balaban J connectivity index is 2.24. The molecule has 1 aromatic rings. The van der Waals surface area contributed by atoms with E-state index in [9.17, 15) is 0 Å². The third-order valence-corrected chi connectivity index (χ3v) is 3.11. The summed E-state index contributed by atoms with van der Waals surface area (Å²) in [5, 5.41) is 0.768. The first-order valence-corrected chi connectivity index (χ1v) is 6.19. The zero-order valence-corrected chi connectivity index (χ0v) is 10.3. The topological polar surface area (TPSA) is 18.5 Å². The molecule has 1 unspecified atom stereocenters. The molecule has 3 heteroatoms. The van der Waals surface area contributed by atoms with Crippen molar-refractivity contribution in [2.45, 2.75) is 25.7 Å². The molecule has 0 spiro atoms. The molecular weight excluding hydrogens is 224 g/mol. The second-order valence-corrected chi connectivity index (χ2v) is 4.47. The van der Waals surface area contributed by atoms with Crippen molar-refractivity contribution in [3.05, 3.63) is 28.8 Å². The van der Waals surface area contributed by atoms with Gasteiger partial charge in [-0.2, -0.15) is 0 Å². The highest BCUT2D eigenvalue weighted by atomic mass is 35.5. The minimum atomic E-state index is 0.425. The molecule has 0 radical (unpaired) electrons. The maximum absolute atomic E-state index is 6.04. The first-order chi connectivity index (χ1) is 7.81. The van der Waals surface area contributed by atoms with Gasteiger partial charge in [-0.25, -0.2) is 0 Å². The number of benzene rings is 1. The molecule has 88 valence electrons. The minimum absolute atomic E-state index is 0.425. The van der Waals surface area contributed by atoms with Crippen LogP contribution >= 0.6 is 11.6 Å². The summed E-state index contributed by atoms with van der Waals surface area (Å²) in [6.07, 6.45) is 2.27. The fraction of sp³-hybridized carbons (Fsp3) is 0.538. The quantitative estimate of drug-likeness (QED) is 0.803. The summed E-state index contributed by atoms with van der Waals surface area (Å²) >= 11 is 6.04. The van der Waals surface area contributed by atoms with E-state index in [4.69, 9.17) is 21.1 Å². The molecule has 0 N–H and O–H groups in total. The Hall–Kier alpha value is -0.730. The second kappa shape index (κ2) is 5.55. The molecule has 1 aliphatic rings. The van der Waals surface area contributed by atoms with Crippen molar-refractivity contribution in [3.8, 4) is 5.75 Å². The van der Waals surface area contributed by atoms with E-state index in [0.717, 1.165) is 36.8 Å². The first-order valence-electron chi connectivity index (χ1n) is 5.81. The van der Waals surface area contributed by atoms with Crippen LogP contribution in [0.3, 0.4) is 0 Å². The molecule has 2 nitrogen and oxygen atoms in total. The third kappa shape index (κ3) is 2.69. The normalized spacial score (nSPS) is 20.8. The van der Waals surface area contributed by atoms with Crippen LogP contribution in [-0.2, 0) is 4.74 Å². The van der Waals surface area contributed by atoms with Gasteiger partial charge in [0, 0.05) is 23.1 Å². The number of hydrogen-bond acceptors (Lipinski definition) is 2. The molecule has 0 saturated carbocycles. The van der Waals surface area contributed by atoms with E-state index < -0.39 is 0 Å². The molecule has 1 fully saturated rings. The molecule has 1 atom stereocenters. The summed E-state index contributed by atoms with van der Waals surface area (Å²) < 4.78 is 11.1. The first kappa shape index (κ1) is 11.7. The van der Waals surface area contributed by atoms with Gasteiger partial charge in [0.25, 0.3) is 0 Å². The van der Waals surface area contributed by atoms with E-state index in [1.807, 2.05) is 25.1 Å². The van der Waals surface area contributed by atoms with Gasteiger partial charge in [-0.05, 0) is 38.0 Å². The zero-order valence-electron chi connectivity index (χ0n) is 9.54. The summed E-state index contributed by atoms with van der Waals surface area (Å²) in [5.41, 5.74) is 1.19. The maximum atomic E-state index is 6.04. The van der Waals surface area contributed by atoms with E-state index in [-0.39, 0.29) is 0 Å². The molecule has 0 bridgehead atoms. The van der Waals surface area contributed by atoms with E-state index in [0.29, 0.717) is 12.5 Å². The van der Waals surface area contributed by atoms with Gasteiger partial charge in [-0.15, -0.1) is 0 Å². The predicted octanol–water partition coefficient (Wildman–Crippen LogP) is 3.63. The SMILES string of the molecule is CCOc1ccc(Cl)cc1C1CCCOC1. The van der Waals surface area contributed by atoms with Crippen LogP contribution in [0.1, 0.15) is 31.2 Å². The van der Waals surface area contributed by atoms with Crippen molar-refractivity contribution in [2.75, 3.05) is 19.8 Å². The molecule has 16 heavy (non-hydrogen) atoms. The highest BCUT2D eigenvalue weighted by Crippen LogP contribution is 2.34. The van der Waals surface area contributed by atoms with E-state index in [1.54, 1.807) is 0 Å². The van der Waals surface area contributed by atoms with Crippen LogP contribution in [0, 0.1) is 0 Å². The monoisotopic (exact) mass is 240 g/mol. The van der Waals surface area contributed by atoms with Crippen LogP contribution in [0.25, 0.3) is 0 Å². The van der Waals surface area contributed by atoms with E-state index >= 15 is 0 Å². The fourth-order valence-electron chi connectivity index (χ4n) is 2.11. The van der Waals surface area contributed by atoms with Gasteiger partial charge >= 0.3 is 0 Å². The van der Waals surface area contributed by atoms with Crippen molar-refractivity contribution in [1.29, 1.82) is 0 Å². The van der Waals surface area contributed by atoms with E-state index in [2.05, 4.69) is 0 Å². The van der Waals surface area contributed by atoms with Crippen molar-refractivity contribution in [3.63, 3.8) is 0 Å². The number of ether oxygens (including phenoxy) is 2. The van der Waals surface area contributed by atoms with Gasteiger partial charge in [0.2, 0.25) is 0 Å². The van der Waals surface area contributed by atoms with Gasteiger partial charge < -0.3 is 9.47 Å². The molecule has 1 aromatic carbocycles. The Morgan fingerprint density at radius 3 is 3.06 bits per heavy atom. The van der Waals surface area contributed by atoms with Crippen LogP contribution in [0.15, 0.2) is 18.2 Å². The number of hydrogen-bond donors (Lipinski definition) is 0. The average molecular weight is 241 g/mol. The molecular formula is C13H17ClO2. The highest BCUT2D eigenvalue weighted by Gasteiger charge is 2.20. The molecule has 2 rings (SSSR count). The van der Waals surface area contributed by atoms with Gasteiger partial charge in [0.1, 0.15) is 5.75 Å². The number of halogens is 1. The Kier molecular flexibility index (Phi) is 4.08. The second-order valence-electron chi connectivity index (χ2n) is 4.03. The van der Waals surface area contributed by atoms with Crippen molar-refractivity contribution >= 4 is 11.6 Å². The van der Waals surface area contributed by atoms with Crippen molar-refractivity contribution in [2.24, 2.45) is 0 Å². The smallest absolute Gasteiger partial charge is 0.122 e. The maximum Gasteiger partial charge on any atom is 0.122 e. The van der Waals surface area contributed by atoms with Gasteiger partial charge in [0.05, 0.1) is 13.2 Å². The summed E-state index contributed by atoms with van der Waals surface area (Å²) in [5.74, 6) is 1.37. The zero-order chi connectivity index (χ0) is 11.4. The molecule has 0 aromatic heterocycles. The molecule has 1 aliphatic heterocycles. The van der Waals surface area contributed by atoms with Crippen LogP contribution in [0.4, 0.5) is 0 Å². The lowest BCUT2D eigenvalue weighted by atomic mass is 9.93. The van der Waals surface area contributed by atoms with Crippen LogP contribution in [0.2, 0.25) is 5.02 Å². The van der Waals surface area contributed by atoms with Crippen LogP contribution in [0.5, 0.6) is 5.75 Å². The largest absolute Gasteiger partial charge is 0.494 e. The van der Waals surface area contributed by atoms with Gasteiger partial charge in [-0.1, -0.05) is 11.6 Å². The Labute approximate surface area is 102 Å². The molecule has 0 amide bonds. The standard InChI is InChI=1S/C13H17ClO2/c1-2-16-13-6-5-11(14)8-12(13)10-4-3-7-15-9-10/h5-6,8,10H,2-4,7,9H2,1H3. The summed E-state index contributed by atoms with van der Waals surface area (Å²) in [7, 11) is 0. The lowest BCUT2D eigenvalue weighted by Crippen LogP contribution is -2.16. The third-order valence-electron chi connectivity index (χ3n) is 2.87. The summed E-state index contributed by atoms with van der Waals surface area (Å²) in [6, 6.07) is 5.83. The average Bonchev–Trinajstić information content (AvgIpc) is 2.33. The lowest BCUT2D eigenvalue weighted by molar-refractivity contribution is 0.0795. The van der Waals surface area contributed by atoms with Crippen LogP contribution in [-0.4, -0.2) is 19.8 Å². The van der Waals surface area contributed by atoms with Crippen molar-refractivity contribution in [1.82, 2.24) is 0 Å². The Bertz CT molecular complexity index is 346. The van der Waals surface area contributed by atoms with E-state index in [1.165, 1.54) is 5.56 Å². The molecule has 0 aliphatic carbocycles. The predicted molar refractivity (Wildman–Crippen MR) is 65.4 cm³/mol. The van der Waals surface area contributed by atoms with Gasteiger partial charge in [-0.3, -0.25) is 0 Å². The molecule has 1 heterocycles. The van der Waals surface area contributed by atoms with Crippen molar-refractivity contribution < 1.29 is 9.47 Å². The Morgan fingerprint density at radius 2 is 2.38 bits per heavy atom. The fourth-order valence-corrected chi connectivity index (χ4v) is 2.29. The summed E-state index contributed by atoms with van der Waals surface area (Å²) in [6.45, 7) is 4.33. The molecule has 1 saturated heterocycles. The minimum Gasteiger partial charge on any atom is -0.494 e. The van der Waals surface area contributed by atoms with Crippen LogP contribution < -0.4 is 4.74 Å². The highest BCUT2D eigenvalue weighted by molar-refractivity contribution is 6.30.